The maximum absolute atomic E-state index is 13.1. The molecule has 0 fully saturated rings. The summed E-state index contributed by atoms with van der Waals surface area (Å²) in [6.45, 7) is 2.67. The molecule has 0 bridgehead atoms. The SMILES string of the molecule is CCCCc1nc2cc(NS(C)(=O)=O)ccc2n1Cc1ccc(-c2ccccc2C(=O)NS(=O)(=O)c2ccccc2)cc1. The van der Waals surface area contributed by atoms with Crippen molar-refractivity contribution >= 4 is 42.7 Å². The molecule has 0 radical (unpaired) electrons. The molecule has 0 saturated heterocycles. The van der Waals surface area contributed by atoms with Crippen LogP contribution in [0.4, 0.5) is 5.69 Å². The van der Waals surface area contributed by atoms with Gasteiger partial charge in [0, 0.05) is 18.5 Å². The molecule has 222 valence electrons. The van der Waals surface area contributed by atoms with Crippen molar-refractivity contribution in [2.45, 2.75) is 37.6 Å². The molecule has 9 nitrogen and oxygen atoms in total. The van der Waals surface area contributed by atoms with Gasteiger partial charge in [-0.15, -0.1) is 0 Å². The van der Waals surface area contributed by atoms with Crippen LogP contribution < -0.4 is 9.44 Å². The first-order valence-electron chi connectivity index (χ1n) is 13.8. The molecule has 0 aliphatic rings. The van der Waals surface area contributed by atoms with Crippen LogP contribution in [0.5, 0.6) is 0 Å². The first-order chi connectivity index (χ1) is 20.5. The van der Waals surface area contributed by atoms with E-state index in [2.05, 4.69) is 20.9 Å². The van der Waals surface area contributed by atoms with Crippen LogP contribution in [0.3, 0.4) is 0 Å². The smallest absolute Gasteiger partial charge is 0.265 e. The Bertz CT molecular complexity index is 1990. The van der Waals surface area contributed by atoms with Gasteiger partial charge in [-0.05, 0) is 59.5 Å². The van der Waals surface area contributed by atoms with Gasteiger partial charge in [0.15, 0.2) is 0 Å². The number of amides is 1. The lowest BCUT2D eigenvalue weighted by molar-refractivity contribution is 0.0982. The number of benzene rings is 4. The molecular weight excluding hydrogens is 585 g/mol. The molecule has 0 aliphatic carbocycles. The van der Waals surface area contributed by atoms with Gasteiger partial charge in [-0.25, -0.2) is 26.5 Å². The fraction of sp³-hybridized carbons (Fsp3) is 0.188. The van der Waals surface area contributed by atoms with Crippen LogP contribution in [0.2, 0.25) is 0 Å². The predicted octanol–water partition coefficient (Wildman–Crippen LogP) is 5.58. The van der Waals surface area contributed by atoms with Crippen molar-refractivity contribution in [3.8, 4) is 11.1 Å². The standard InChI is InChI=1S/C32H32N4O5S2/c1-3-4-14-31-33-29-21-25(34-42(2,38)39)19-20-30(29)36(31)22-23-15-17-24(18-16-23)27-12-8-9-13-28(27)32(37)35-43(40,41)26-10-6-5-7-11-26/h5-13,15-21,34H,3-4,14,22H2,1-2H3,(H,35,37). The number of anilines is 1. The third kappa shape index (κ3) is 7.12. The summed E-state index contributed by atoms with van der Waals surface area (Å²) in [5, 5.41) is 0. The second kappa shape index (κ2) is 12.4. The van der Waals surface area contributed by atoms with E-state index in [4.69, 9.17) is 4.98 Å². The summed E-state index contributed by atoms with van der Waals surface area (Å²) >= 11 is 0. The molecule has 0 unspecified atom stereocenters. The minimum Gasteiger partial charge on any atom is -0.323 e. The predicted molar refractivity (Wildman–Crippen MR) is 169 cm³/mol. The number of hydrogen-bond donors (Lipinski definition) is 2. The van der Waals surface area contributed by atoms with E-state index in [0.717, 1.165) is 48.0 Å². The largest absolute Gasteiger partial charge is 0.323 e. The van der Waals surface area contributed by atoms with E-state index >= 15 is 0 Å². The lowest BCUT2D eigenvalue weighted by atomic mass is 9.98. The highest BCUT2D eigenvalue weighted by Crippen LogP contribution is 2.27. The zero-order chi connectivity index (χ0) is 30.6. The number of carbonyl (C=O) groups excluding carboxylic acids is 1. The van der Waals surface area contributed by atoms with E-state index in [1.54, 1.807) is 54.6 Å². The van der Waals surface area contributed by atoms with Gasteiger partial charge >= 0.3 is 0 Å². The zero-order valence-electron chi connectivity index (χ0n) is 23.8. The first-order valence-corrected chi connectivity index (χ1v) is 17.2. The van der Waals surface area contributed by atoms with Crippen LogP contribution in [-0.4, -0.2) is 38.5 Å². The van der Waals surface area contributed by atoms with E-state index < -0.39 is 26.0 Å². The van der Waals surface area contributed by atoms with Crippen LogP contribution in [0.1, 0.15) is 41.5 Å². The topological polar surface area (TPSA) is 127 Å². The van der Waals surface area contributed by atoms with Gasteiger partial charge in [0.05, 0.1) is 27.9 Å². The number of unbranched alkanes of at least 4 members (excludes halogenated alkanes) is 1. The number of fused-ring (bicyclic) bond motifs is 1. The first kappa shape index (κ1) is 30.0. The molecule has 43 heavy (non-hydrogen) atoms. The van der Waals surface area contributed by atoms with Gasteiger partial charge in [0.1, 0.15) is 5.82 Å². The van der Waals surface area contributed by atoms with Crippen LogP contribution in [0.25, 0.3) is 22.2 Å². The monoisotopic (exact) mass is 616 g/mol. The second-order valence-electron chi connectivity index (χ2n) is 10.3. The Kier molecular flexibility index (Phi) is 8.65. The third-order valence-electron chi connectivity index (χ3n) is 6.94. The highest BCUT2D eigenvalue weighted by molar-refractivity contribution is 7.92. The van der Waals surface area contributed by atoms with Gasteiger partial charge in [-0.1, -0.05) is 74.0 Å². The maximum atomic E-state index is 13.1. The normalized spacial score (nSPS) is 11.9. The molecule has 2 N–H and O–H groups in total. The van der Waals surface area contributed by atoms with E-state index in [1.165, 1.54) is 12.1 Å². The minimum atomic E-state index is -4.03. The fourth-order valence-corrected chi connectivity index (χ4v) is 6.44. The summed E-state index contributed by atoms with van der Waals surface area (Å²) in [6.07, 6.45) is 3.88. The van der Waals surface area contributed by atoms with Crippen LogP contribution in [-0.2, 0) is 33.0 Å². The number of carbonyl (C=O) groups is 1. The molecule has 0 spiro atoms. The Morgan fingerprint density at radius 3 is 2.26 bits per heavy atom. The molecule has 4 aromatic carbocycles. The summed E-state index contributed by atoms with van der Waals surface area (Å²) in [6, 6.07) is 27.8. The van der Waals surface area contributed by atoms with Crippen molar-refractivity contribution in [2.24, 2.45) is 0 Å². The van der Waals surface area contributed by atoms with Gasteiger partial charge in [0.25, 0.3) is 15.9 Å². The van der Waals surface area contributed by atoms with Gasteiger partial charge in [-0.3, -0.25) is 9.52 Å². The van der Waals surface area contributed by atoms with Crippen molar-refractivity contribution in [1.82, 2.24) is 14.3 Å². The third-order valence-corrected chi connectivity index (χ3v) is 8.90. The lowest BCUT2D eigenvalue weighted by Crippen LogP contribution is -2.30. The molecule has 1 heterocycles. The Balaban J connectivity index is 1.41. The number of nitrogens with zero attached hydrogens (tertiary/aromatic N) is 2. The van der Waals surface area contributed by atoms with Gasteiger partial charge < -0.3 is 4.57 Å². The summed E-state index contributed by atoms with van der Waals surface area (Å²) in [4.78, 5) is 17.9. The molecule has 5 aromatic rings. The molecular formula is C32H32N4O5S2. The van der Waals surface area contributed by atoms with Crippen LogP contribution in [0.15, 0.2) is 102 Å². The maximum Gasteiger partial charge on any atom is 0.265 e. The van der Waals surface area contributed by atoms with Gasteiger partial charge in [0.2, 0.25) is 10.0 Å². The Hall–Kier alpha value is -4.48. The summed E-state index contributed by atoms with van der Waals surface area (Å²) in [7, 11) is -7.43. The van der Waals surface area contributed by atoms with E-state index in [1.807, 2.05) is 30.3 Å². The van der Waals surface area contributed by atoms with Gasteiger partial charge in [-0.2, -0.15) is 0 Å². The molecule has 0 aliphatic heterocycles. The van der Waals surface area contributed by atoms with Crippen LogP contribution >= 0.6 is 0 Å². The van der Waals surface area contributed by atoms with Crippen molar-refractivity contribution in [1.29, 1.82) is 0 Å². The zero-order valence-corrected chi connectivity index (χ0v) is 25.5. The second-order valence-corrected chi connectivity index (χ2v) is 13.7. The average Bonchev–Trinajstić information content (AvgIpc) is 3.31. The Labute approximate surface area is 251 Å². The van der Waals surface area contributed by atoms with Crippen molar-refractivity contribution < 1.29 is 21.6 Å². The number of aromatic nitrogens is 2. The van der Waals surface area contributed by atoms with E-state index in [-0.39, 0.29) is 10.5 Å². The Morgan fingerprint density at radius 1 is 0.860 bits per heavy atom. The fourth-order valence-electron chi connectivity index (χ4n) is 4.90. The van der Waals surface area contributed by atoms with Crippen LogP contribution in [0, 0.1) is 0 Å². The highest BCUT2D eigenvalue weighted by Gasteiger charge is 2.21. The molecule has 0 saturated carbocycles. The van der Waals surface area contributed by atoms with Crippen molar-refractivity contribution in [2.75, 3.05) is 11.0 Å². The summed E-state index contributed by atoms with van der Waals surface area (Å²) < 4.78 is 55.8. The Morgan fingerprint density at radius 2 is 1.56 bits per heavy atom. The molecule has 1 aromatic heterocycles. The quantitative estimate of drug-likeness (QED) is 0.199. The number of nitrogens with one attached hydrogen (secondary N) is 2. The summed E-state index contributed by atoms with van der Waals surface area (Å²) in [5.41, 5.74) is 4.70. The molecule has 5 rings (SSSR count). The highest BCUT2D eigenvalue weighted by atomic mass is 32.2. The number of imidazole rings is 1. The van der Waals surface area contributed by atoms with Crippen molar-refractivity contribution in [3.63, 3.8) is 0 Å². The number of aryl methyl sites for hydroxylation is 1. The van der Waals surface area contributed by atoms with E-state index in [9.17, 15) is 21.6 Å². The average molecular weight is 617 g/mol. The molecule has 1 amide bonds. The number of sulfonamides is 2. The molecule has 11 heteroatoms. The minimum absolute atomic E-state index is 0.0124. The van der Waals surface area contributed by atoms with Crippen molar-refractivity contribution in [3.05, 3.63) is 114 Å². The number of rotatable bonds is 11. The summed E-state index contributed by atoms with van der Waals surface area (Å²) in [5.74, 6) is 0.206. The lowest BCUT2D eigenvalue weighted by Gasteiger charge is -2.13. The number of hydrogen-bond acceptors (Lipinski definition) is 6. The van der Waals surface area contributed by atoms with E-state index in [0.29, 0.717) is 23.3 Å². The molecule has 0 atom stereocenters.